The van der Waals surface area contributed by atoms with Gasteiger partial charge in [-0.1, -0.05) is 6.42 Å². The number of carbonyl (C=O) groups is 1. The quantitative estimate of drug-likeness (QED) is 0.698. The summed E-state index contributed by atoms with van der Waals surface area (Å²) in [6.45, 7) is 3.41. The summed E-state index contributed by atoms with van der Waals surface area (Å²) in [6.07, 6.45) is 4.22. The molecule has 18 heavy (non-hydrogen) atoms. The second-order valence-electron chi connectivity index (χ2n) is 4.98. The fourth-order valence-corrected chi connectivity index (χ4v) is 2.62. The van der Waals surface area contributed by atoms with Gasteiger partial charge in [-0.05, 0) is 19.3 Å². The molecule has 0 spiro atoms. The number of esters is 1. The average Bonchev–Trinajstić information content (AvgIpc) is 2.40. The number of ether oxygens (including phenoxy) is 3. The van der Waals surface area contributed by atoms with Gasteiger partial charge in [-0.3, -0.25) is 9.69 Å². The van der Waals surface area contributed by atoms with E-state index < -0.39 is 0 Å². The maximum absolute atomic E-state index is 11.9. The van der Waals surface area contributed by atoms with Gasteiger partial charge in [0.05, 0.1) is 25.9 Å². The molecule has 5 nitrogen and oxygen atoms in total. The average molecular weight is 257 g/mol. The van der Waals surface area contributed by atoms with E-state index >= 15 is 0 Å². The molecule has 1 saturated heterocycles. The predicted octanol–water partition coefficient (Wildman–Crippen LogP) is 0.819. The summed E-state index contributed by atoms with van der Waals surface area (Å²) in [5, 5.41) is 0. The first-order chi connectivity index (χ1) is 8.79. The molecule has 0 aromatic rings. The lowest BCUT2D eigenvalue weighted by Gasteiger charge is -2.31. The van der Waals surface area contributed by atoms with Crippen LogP contribution in [0.25, 0.3) is 0 Å². The minimum absolute atomic E-state index is 0.0581. The monoisotopic (exact) mass is 257 g/mol. The number of morpholine rings is 1. The van der Waals surface area contributed by atoms with Crippen LogP contribution in [0, 0.1) is 0 Å². The Morgan fingerprint density at radius 1 is 1.22 bits per heavy atom. The molecular weight excluding hydrogens is 234 g/mol. The van der Waals surface area contributed by atoms with E-state index in [1.165, 1.54) is 0 Å². The van der Waals surface area contributed by atoms with Crippen LogP contribution in [0.4, 0.5) is 0 Å². The Hall–Kier alpha value is -0.650. The first-order valence-electron chi connectivity index (χ1n) is 6.82. The third-order valence-corrected chi connectivity index (χ3v) is 3.68. The van der Waals surface area contributed by atoms with Crippen LogP contribution in [0.5, 0.6) is 0 Å². The lowest BCUT2D eigenvalue weighted by Crippen LogP contribution is -2.42. The largest absolute Gasteiger partial charge is 0.459 e. The molecule has 2 aliphatic rings. The van der Waals surface area contributed by atoms with Crippen LogP contribution in [0.2, 0.25) is 0 Å². The van der Waals surface area contributed by atoms with Crippen LogP contribution in [-0.2, 0) is 19.0 Å². The maximum Gasteiger partial charge on any atom is 0.320 e. The van der Waals surface area contributed by atoms with Gasteiger partial charge in [0.25, 0.3) is 0 Å². The Morgan fingerprint density at radius 2 is 1.89 bits per heavy atom. The summed E-state index contributed by atoms with van der Waals surface area (Å²) in [6, 6.07) is 0. The molecule has 2 atom stereocenters. The second-order valence-corrected chi connectivity index (χ2v) is 4.98. The molecule has 104 valence electrons. The van der Waals surface area contributed by atoms with Gasteiger partial charge in [0.2, 0.25) is 0 Å². The normalized spacial score (nSPS) is 30.1. The highest BCUT2D eigenvalue weighted by Gasteiger charge is 2.28. The van der Waals surface area contributed by atoms with Crippen LogP contribution in [0.3, 0.4) is 0 Å². The molecular formula is C13H23NO4. The lowest BCUT2D eigenvalue weighted by atomic mass is 9.94. The van der Waals surface area contributed by atoms with Gasteiger partial charge in [-0.25, -0.2) is 0 Å². The number of carbonyl (C=O) groups excluding carboxylic acids is 1. The molecule has 0 N–H and O–H groups in total. The summed E-state index contributed by atoms with van der Waals surface area (Å²) < 4.78 is 16.2. The standard InChI is InChI=1S/C13H23NO4/c1-16-11-4-2-3-5-12(11)18-13(15)10-14-6-8-17-9-7-14/h11-12H,2-10H2,1H3/t11-,12-/m0/s1. The van der Waals surface area contributed by atoms with E-state index in [0.717, 1.165) is 38.8 Å². The van der Waals surface area contributed by atoms with Crippen molar-refractivity contribution in [3.8, 4) is 0 Å². The molecule has 0 bridgehead atoms. The van der Waals surface area contributed by atoms with Crippen LogP contribution < -0.4 is 0 Å². The van der Waals surface area contributed by atoms with Gasteiger partial charge in [-0.15, -0.1) is 0 Å². The number of hydrogen-bond donors (Lipinski definition) is 0. The van der Waals surface area contributed by atoms with Gasteiger partial charge in [-0.2, -0.15) is 0 Å². The van der Waals surface area contributed by atoms with Gasteiger partial charge in [0.1, 0.15) is 6.10 Å². The van der Waals surface area contributed by atoms with Crippen molar-refractivity contribution in [3.63, 3.8) is 0 Å². The summed E-state index contributed by atoms with van der Waals surface area (Å²) in [7, 11) is 1.69. The van der Waals surface area contributed by atoms with Gasteiger partial charge < -0.3 is 14.2 Å². The first kappa shape index (κ1) is 13.8. The zero-order chi connectivity index (χ0) is 12.8. The van der Waals surface area contributed by atoms with Crippen molar-refractivity contribution in [1.29, 1.82) is 0 Å². The summed E-state index contributed by atoms with van der Waals surface area (Å²) in [5.41, 5.74) is 0. The molecule has 0 radical (unpaired) electrons. The van der Waals surface area contributed by atoms with Gasteiger partial charge in [0, 0.05) is 20.2 Å². The summed E-state index contributed by atoms with van der Waals surface area (Å²) >= 11 is 0. The van der Waals surface area contributed by atoms with E-state index in [-0.39, 0.29) is 18.2 Å². The van der Waals surface area contributed by atoms with Crippen molar-refractivity contribution in [2.24, 2.45) is 0 Å². The zero-order valence-corrected chi connectivity index (χ0v) is 11.1. The first-order valence-corrected chi connectivity index (χ1v) is 6.82. The zero-order valence-electron chi connectivity index (χ0n) is 11.1. The van der Waals surface area contributed by atoms with E-state index in [0.29, 0.717) is 19.8 Å². The van der Waals surface area contributed by atoms with Crippen molar-refractivity contribution in [2.45, 2.75) is 37.9 Å². The van der Waals surface area contributed by atoms with Crippen LogP contribution >= 0.6 is 0 Å². The van der Waals surface area contributed by atoms with Gasteiger partial charge >= 0.3 is 5.97 Å². The minimum atomic E-state index is -0.133. The third-order valence-electron chi connectivity index (χ3n) is 3.68. The lowest BCUT2D eigenvalue weighted by molar-refractivity contribution is -0.161. The van der Waals surface area contributed by atoms with E-state index in [2.05, 4.69) is 4.90 Å². The summed E-state index contributed by atoms with van der Waals surface area (Å²) in [5.74, 6) is -0.133. The molecule has 5 heteroatoms. The van der Waals surface area contributed by atoms with Crippen molar-refractivity contribution >= 4 is 5.97 Å². The number of methoxy groups -OCH3 is 1. The Balaban J connectivity index is 1.75. The molecule has 0 unspecified atom stereocenters. The Kier molecular flexibility index (Phi) is 5.41. The van der Waals surface area contributed by atoms with Crippen LogP contribution in [0.15, 0.2) is 0 Å². The highest BCUT2D eigenvalue weighted by Crippen LogP contribution is 2.23. The van der Waals surface area contributed by atoms with Crippen LogP contribution in [0.1, 0.15) is 25.7 Å². The molecule has 1 heterocycles. The van der Waals surface area contributed by atoms with Crippen LogP contribution in [-0.4, -0.2) is 63.0 Å². The highest BCUT2D eigenvalue weighted by atomic mass is 16.6. The van der Waals surface area contributed by atoms with Crippen molar-refractivity contribution in [2.75, 3.05) is 40.0 Å². The molecule has 1 saturated carbocycles. The maximum atomic E-state index is 11.9. The third kappa shape index (κ3) is 3.93. The van der Waals surface area contributed by atoms with E-state index in [4.69, 9.17) is 14.2 Å². The smallest absolute Gasteiger partial charge is 0.320 e. The highest BCUT2D eigenvalue weighted by molar-refractivity contribution is 5.72. The minimum Gasteiger partial charge on any atom is -0.459 e. The fraction of sp³-hybridized carbons (Fsp3) is 0.923. The number of nitrogens with zero attached hydrogens (tertiary/aromatic N) is 1. The molecule has 1 aliphatic carbocycles. The topological polar surface area (TPSA) is 48.0 Å². The molecule has 0 aromatic carbocycles. The van der Waals surface area contributed by atoms with Crippen molar-refractivity contribution in [1.82, 2.24) is 4.90 Å². The van der Waals surface area contributed by atoms with E-state index in [9.17, 15) is 4.79 Å². The fourth-order valence-electron chi connectivity index (χ4n) is 2.62. The SMILES string of the molecule is CO[C@H]1CCCC[C@@H]1OC(=O)CN1CCOCC1. The Bertz CT molecular complexity index is 266. The van der Waals surface area contributed by atoms with Crippen molar-refractivity contribution < 1.29 is 19.0 Å². The molecule has 2 fully saturated rings. The van der Waals surface area contributed by atoms with Crippen molar-refractivity contribution in [3.05, 3.63) is 0 Å². The predicted molar refractivity (Wildman–Crippen MR) is 66.4 cm³/mol. The molecule has 1 aliphatic heterocycles. The molecule has 2 rings (SSSR count). The molecule has 0 aromatic heterocycles. The second kappa shape index (κ2) is 7.07. The molecule has 0 amide bonds. The Labute approximate surface area is 108 Å². The van der Waals surface area contributed by atoms with E-state index in [1.807, 2.05) is 0 Å². The number of rotatable bonds is 4. The number of hydrogen-bond acceptors (Lipinski definition) is 5. The summed E-state index contributed by atoms with van der Waals surface area (Å²) in [4.78, 5) is 14.0. The van der Waals surface area contributed by atoms with Gasteiger partial charge in [0.15, 0.2) is 0 Å². The Morgan fingerprint density at radius 3 is 2.56 bits per heavy atom. The van der Waals surface area contributed by atoms with E-state index in [1.54, 1.807) is 7.11 Å².